The van der Waals surface area contributed by atoms with Crippen LogP contribution in [0.5, 0.6) is 11.5 Å². The van der Waals surface area contributed by atoms with E-state index in [9.17, 15) is 19.8 Å². The number of aromatic hydroxyl groups is 2. The van der Waals surface area contributed by atoms with Crippen LogP contribution in [0.2, 0.25) is 0 Å². The molecule has 0 spiro atoms. The zero-order valence-electron chi connectivity index (χ0n) is 15.6. The third-order valence-corrected chi connectivity index (χ3v) is 4.45. The van der Waals surface area contributed by atoms with E-state index in [2.05, 4.69) is 10.5 Å². The van der Waals surface area contributed by atoms with Crippen LogP contribution in [0.15, 0.2) is 87.1 Å². The highest BCUT2D eigenvalue weighted by Crippen LogP contribution is 2.23. The van der Waals surface area contributed by atoms with E-state index >= 15 is 0 Å². The normalized spacial score (nSPS) is 11.1. The Morgan fingerprint density at radius 3 is 2.53 bits per heavy atom. The number of carbonyl (C=O) groups is 1. The van der Waals surface area contributed by atoms with Crippen LogP contribution < -0.4 is 10.9 Å². The van der Waals surface area contributed by atoms with Crippen LogP contribution in [0.25, 0.3) is 22.3 Å². The lowest BCUT2D eigenvalue weighted by Crippen LogP contribution is -2.17. The maximum absolute atomic E-state index is 12.3. The molecule has 0 aliphatic rings. The predicted octanol–water partition coefficient (Wildman–Crippen LogP) is 3.64. The van der Waals surface area contributed by atoms with Gasteiger partial charge in [-0.25, -0.2) is 5.43 Å². The van der Waals surface area contributed by atoms with Crippen molar-refractivity contribution in [2.75, 3.05) is 0 Å². The van der Waals surface area contributed by atoms with Crippen LogP contribution in [0.3, 0.4) is 0 Å². The summed E-state index contributed by atoms with van der Waals surface area (Å²) in [6, 6.07) is 18.9. The van der Waals surface area contributed by atoms with Crippen LogP contribution in [-0.4, -0.2) is 22.3 Å². The van der Waals surface area contributed by atoms with Gasteiger partial charge in [0.15, 0.2) is 5.43 Å². The van der Waals surface area contributed by atoms with E-state index in [0.717, 1.165) is 0 Å². The Balaban J connectivity index is 1.51. The fourth-order valence-corrected chi connectivity index (χ4v) is 2.90. The van der Waals surface area contributed by atoms with E-state index < -0.39 is 5.91 Å². The average molecular weight is 400 g/mol. The number of benzene rings is 3. The molecular weight excluding hydrogens is 384 g/mol. The summed E-state index contributed by atoms with van der Waals surface area (Å²) in [5, 5.41) is 23.4. The predicted molar refractivity (Wildman–Crippen MR) is 113 cm³/mol. The van der Waals surface area contributed by atoms with Crippen molar-refractivity contribution >= 4 is 23.1 Å². The van der Waals surface area contributed by atoms with Crippen molar-refractivity contribution in [3.63, 3.8) is 0 Å². The van der Waals surface area contributed by atoms with Crippen LogP contribution in [0, 0.1) is 0 Å². The molecule has 0 aliphatic carbocycles. The molecule has 1 aromatic heterocycles. The summed E-state index contributed by atoms with van der Waals surface area (Å²) < 4.78 is 5.80. The Bertz CT molecular complexity index is 1320. The zero-order valence-corrected chi connectivity index (χ0v) is 15.6. The van der Waals surface area contributed by atoms with Crippen molar-refractivity contribution in [3.05, 3.63) is 94.1 Å². The molecule has 7 heteroatoms. The summed E-state index contributed by atoms with van der Waals surface area (Å²) in [5.41, 5.74) is 3.97. The molecule has 0 aliphatic heterocycles. The maximum Gasteiger partial charge on any atom is 0.271 e. The van der Waals surface area contributed by atoms with Gasteiger partial charge in [-0.3, -0.25) is 9.59 Å². The summed E-state index contributed by atoms with van der Waals surface area (Å²) in [7, 11) is 0. The van der Waals surface area contributed by atoms with E-state index in [0.29, 0.717) is 27.9 Å². The molecular formula is C23H16N2O5. The first-order valence-electron chi connectivity index (χ1n) is 9.00. The molecule has 0 radical (unpaired) electrons. The number of phenolic OH excluding ortho intramolecular Hbond substituents is 2. The highest BCUT2D eigenvalue weighted by molar-refractivity contribution is 5.95. The summed E-state index contributed by atoms with van der Waals surface area (Å²) in [5.74, 6) is -0.163. The number of hydrogen-bond donors (Lipinski definition) is 3. The van der Waals surface area contributed by atoms with Gasteiger partial charge in [0, 0.05) is 22.8 Å². The average Bonchev–Trinajstić information content (AvgIpc) is 2.76. The molecule has 0 fully saturated rings. The second-order valence-electron chi connectivity index (χ2n) is 6.49. The zero-order chi connectivity index (χ0) is 21.1. The Kier molecular flexibility index (Phi) is 5.00. The molecule has 0 unspecified atom stereocenters. The Morgan fingerprint density at radius 1 is 0.967 bits per heavy atom. The minimum absolute atomic E-state index is 0.0310. The first-order chi connectivity index (χ1) is 14.5. The van der Waals surface area contributed by atoms with E-state index in [1.807, 2.05) is 0 Å². The molecule has 30 heavy (non-hydrogen) atoms. The number of amides is 1. The Labute approximate surface area is 170 Å². The van der Waals surface area contributed by atoms with Crippen molar-refractivity contribution in [1.82, 2.24) is 5.43 Å². The summed E-state index contributed by atoms with van der Waals surface area (Å²) >= 11 is 0. The lowest BCUT2D eigenvalue weighted by Gasteiger charge is -2.05. The van der Waals surface area contributed by atoms with Gasteiger partial charge in [0.2, 0.25) is 0 Å². The molecule has 4 rings (SSSR count). The third kappa shape index (κ3) is 3.90. The summed E-state index contributed by atoms with van der Waals surface area (Å²) in [6.07, 6.45) is 1.23. The van der Waals surface area contributed by atoms with E-state index in [-0.39, 0.29) is 22.5 Å². The molecule has 0 bridgehead atoms. The highest BCUT2D eigenvalue weighted by Gasteiger charge is 2.09. The number of nitrogens with zero attached hydrogens (tertiary/aromatic N) is 1. The first-order valence-corrected chi connectivity index (χ1v) is 9.00. The second-order valence-corrected chi connectivity index (χ2v) is 6.49. The number of phenols is 2. The lowest BCUT2D eigenvalue weighted by molar-refractivity contribution is 0.0955. The van der Waals surface area contributed by atoms with Crippen LogP contribution in [0.4, 0.5) is 0 Å². The number of nitrogens with one attached hydrogen (secondary N) is 1. The van der Waals surface area contributed by atoms with Crippen LogP contribution >= 0.6 is 0 Å². The molecule has 4 aromatic rings. The van der Waals surface area contributed by atoms with Gasteiger partial charge in [0.25, 0.3) is 5.91 Å². The van der Waals surface area contributed by atoms with Crippen LogP contribution in [-0.2, 0) is 0 Å². The topological polar surface area (TPSA) is 112 Å². The maximum atomic E-state index is 12.3. The number of para-hydroxylation sites is 1. The van der Waals surface area contributed by atoms with Crippen molar-refractivity contribution < 1.29 is 19.4 Å². The van der Waals surface area contributed by atoms with Crippen molar-refractivity contribution in [1.29, 1.82) is 0 Å². The number of carbonyl (C=O) groups excluding carboxylic acids is 1. The van der Waals surface area contributed by atoms with Crippen LogP contribution in [0.1, 0.15) is 15.9 Å². The Morgan fingerprint density at radius 2 is 1.73 bits per heavy atom. The fourth-order valence-electron chi connectivity index (χ4n) is 2.90. The van der Waals surface area contributed by atoms with Gasteiger partial charge in [-0.15, -0.1) is 0 Å². The van der Waals surface area contributed by atoms with Gasteiger partial charge in [0.1, 0.15) is 22.8 Å². The molecule has 7 nitrogen and oxygen atoms in total. The molecule has 1 amide bonds. The number of hydrazone groups is 1. The molecule has 148 valence electrons. The van der Waals surface area contributed by atoms with E-state index in [4.69, 9.17) is 4.42 Å². The summed E-state index contributed by atoms with van der Waals surface area (Å²) in [6.45, 7) is 0. The van der Waals surface area contributed by atoms with Gasteiger partial charge in [-0.2, -0.15) is 5.10 Å². The minimum Gasteiger partial charge on any atom is -0.508 e. The van der Waals surface area contributed by atoms with Crippen molar-refractivity contribution in [3.8, 4) is 22.8 Å². The molecule has 0 atom stereocenters. The quantitative estimate of drug-likeness (QED) is 0.275. The number of fused-ring (bicyclic) bond motifs is 1. The highest BCUT2D eigenvalue weighted by atomic mass is 16.3. The molecule has 3 N–H and O–H groups in total. The third-order valence-electron chi connectivity index (χ3n) is 4.45. The standard InChI is InChI=1S/C23H16N2O5/c26-17-9-10-19(27)16(11-17)13-24-25-23(29)15-7-5-14(6-8-15)22-12-20(28)18-3-1-2-4-21(18)30-22/h1-13,26-27H,(H,25,29)/b24-13+. The molecule has 3 aromatic carbocycles. The van der Waals surface area contributed by atoms with Gasteiger partial charge >= 0.3 is 0 Å². The van der Waals surface area contributed by atoms with Crippen molar-refractivity contribution in [2.24, 2.45) is 5.10 Å². The van der Waals surface area contributed by atoms with Gasteiger partial charge in [-0.05, 0) is 42.5 Å². The molecule has 1 heterocycles. The van der Waals surface area contributed by atoms with Gasteiger partial charge < -0.3 is 14.6 Å². The van der Waals surface area contributed by atoms with E-state index in [1.165, 1.54) is 30.5 Å². The van der Waals surface area contributed by atoms with Crippen molar-refractivity contribution in [2.45, 2.75) is 0 Å². The van der Waals surface area contributed by atoms with Gasteiger partial charge in [0.05, 0.1) is 11.6 Å². The SMILES string of the molecule is O=C(N/N=C/c1cc(O)ccc1O)c1ccc(-c2cc(=O)c3ccccc3o2)cc1. The first kappa shape index (κ1) is 18.9. The smallest absolute Gasteiger partial charge is 0.271 e. The number of hydrogen-bond acceptors (Lipinski definition) is 6. The second kappa shape index (κ2) is 7.92. The lowest BCUT2D eigenvalue weighted by atomic mass is 10.1. The molecule has 0 saturated carbocycles. The van der Waals surface area contributed by atoms with E-state index in [1.54, 1.807) is 48.5 Å². The number of rotatable bonds is 4. The largest absolute Gasteiger partial charge is 0.508 e. The van der Waals surface area contributed by atoms with Gasteiger partial charge in [-0.1, -0.05) is 24.3 Å². The Hall–Kier alpha value is -4.39. The fraction of sp³-hybridized carbons (Fsp3) is 0. The minimum atomic E-state index is -0.461. The summed E-state index contributed by atoms with van der Waals surface area (Å²) in [4.78, 5) is 24.5. The monoisotopic (exact) mass is 400 g/mol. The molecule has 0 saturated heterocycles.